The maximum atomic E-state index is 12.5. The zero-order valence-electron chi connectivity index (χ0n) is 16.7. The van der Waals surface area contributed by atoms with E-state index in [0.717, 1.165) is 6.42 Å². The van der Waals surface area contributed by atoms with Gasteiger partial charge in [0.05, 0.1) is 5.69 Å². The van der Waals surface area contributed by atoms with E-state index < -0.39 is 12.5 Å². The largest absolute Gasteiger partial charge is 0.486 e. The maximum absolute atomic E-state index is 12.5. The summed E-state index contributed by atoms with van der Waals surface area (Å²) in [5.74, 6) is 0.973. The smallest absolute Gasteiger partial charge is 0.387 e. The van der Waals surface area contributed by atoms with Crippen LogP contribution in [0.15, 0.2) is 65.1 Å². The molecule has 158 valence electrons. The maximum Gasteiger partial charge on any atom is 0.387 e. The van der Waals surface area contributed by atoms with Gasteiger partial charge in [-0.15, -0.1) is 0 Å². The van der Waals surface area contributed by atoms with E-state index in [1.807, 2.05) is 24.3 Å². The van der Waals surface area contributed by atoms with Gasteiger partial charge in [-0.2, -0.15) is 8.78 Å². The summed E-state index contributed by atoms with van der Waals surface area (Å²) >= 11 is 0. The van der Waals surface area contributed by atoms with Crippen LogP contribution >= 0.6 is 0 Å². The Morgan fingerprint density at radius 2 is 1.80 bits per heavy atom. The minimum Gasteiger partial charge on any atom is -0.486 e. The van der Waals surface area contributed by atoms with Gasteiger partial charge in [0, 0.05) is 0 Å². The third-order valence-corrected chi connectivity index (χ3v) is 4.68. The van der Waals surface area contributed by atoms with E-state index in [1.54, 1.807) is 12.1 Å². The van der Waals surface area contributed by atoms with Gasteiger partial charge in [-0.05, 0) is 54.3 Å². The van der Waals surface area contributed by atoms with Crippen LogP contribution in [0.1, 0.15) is 48.1 Å². The molecule has 1 unspecified atom stereocenters. The van der Waals surface area contributed by atoms with Crippen LogP contribution in [0, 0.1) is 0 Å². The van der Waals surface area contributed by atoms with Crippen LogP contribution in [0.25, 0.3) is 0 Å². The Balaban J connectivity index is 1.59. The number of para-hydroxylation sites is 2. The number of hydrogen-bond acceptors (Lipinski definition) is 4. The van der Waals surface area contributed by atoms with Gasteiger partial charge in [-0.1, -0.05) is 38.1 Å². The molecule has 1 N–H and O–H groups in total. The molecule has 0 fully saturated rings. The standard InChI is InChI=1S/C23H23F2NO4/c1-3-15(2)16-8-10-17(11-9-16)28-14-18-12-13-21(29-18)22(27)26-19-6-4-5-7-20(19)30-23(24)25/h4-13,15,23H,3,14H2,1-2H3,(H,26,27). The molecule has 1 aromatic heterocycles. The van der Waals surface area contributed by atoms with Gasteiger partial charge in [0.1, 0.15) is 23.9 Å². The number of halogens is 2. The molecule has 7 heteroatoms. The van der Waals surface area contributed by atoms with Gasteiger partial charge < -0.3 is 19.2 Å². The van der Waals surface area contributed by atoms with Crippen LogP contribution in [0.3, 0.4) is 0 Å². The van der Waals surface area contributed by atoms with Crippen molar-refractivity contribution in [1.82, 2.24) is 0 Å². The quantitative estimate of drug-likeness (QED) is 0.450. The predicted molar refractivity (Wildman–Crippen MR) is 109 cm³/mol. The number of rotatable bonds is 9. The van der Waals surface area contributed by atoms with E-state index in [2.05, 4.69) is 23.9 Å². The van der Waals surface area contributed by atoms with Gasteiger partial charge in [0.2, 0.25) is 0 Å². The van der Waals surface area contributed by atoms with Crippen LogP contribution in [-0.2, 0) is 6.61 Å². The first-order valence-electron chi connectivity index (χ1n) is 9.63. The molecule has 1 amide bonds. The van der Waals surface area contributed by atoms with Gasteiger partial charge in [-0.3, -0.25) is 4.79 Å². The molecule has 0 bridgehead atoms. The molecule has 0 saturated heterocycles. The lowest BCUT2D eigenvalue weighted by Crippen LogP contribution is -2.13. The Kier molecular flexibility index (Phi) is 7.06. The van der Waals surface area contributed by atoms with Crippen LogP contribution in [0.5, 0.6) is 11.5 Å². The zero-order chi connectivity index (χ0) is 21.5. The summed E-state index contributed by atoms with van der Waals surface area (Å²) in [6.45, 7) is 1.48. The Labute approximate surface area is 173 Å². The lowest BCUT2D eigenvalue weighted by molar-refractivity contribution is -0.0493. The van der Waals surface area contributed by atoms with Crippen molar-refractivity contribution in [1.29, 1.82) is 0 Å². The molecule has 1 atom stereocenters. The molecule has 30 heavy (non-hydrogen) atoms. The molecule has 1 heterocycles. The van der Waals surface area contributed by atoms with Crippen molar-refractivity contribution in [3.63, 3.8) is 0 Å². The average Bonchev–Trinajstić information content (AvgIpc) is 3.22. The first kappa shape index (κ1) is 21.4. The number of amides is 1. The second kappa shape index (κ2) is 9.91. The highest BCUT2D eigenvalue weighted by Gasteiger charge is 2.16. The van der Waals surface area contributed by atoms with E-state index in [1.165, 1.54) is 29.8 Å². The molecule has 2 aromatic carbocycles. The molecule has 0 radical (unpaired) electrons. The second-order valence-corrected chi connectivity index (χ2v) is 6.76. The van der Waals surface area contributed by atoms with Gasteiger partial charge >= 0.3 is 6.61 Å². The Bertz CT molecular complexity index is 969. The average molecular weight is 415 g/mol. The highest BCUT2D eigenvalue weighted by Crippen LogP contribution is 2.26. The number of hydrogen-bond donors (Lipinski definition) is 1. The Morgan fingerprint density at radius 3 is 2.50 bits per heavy atom. The number of carbonyl (C=O) groups excluding carboxylic acids is 1. The molecule has 0 aliphatic carbocycles. The van der Waals surface area contributed by atoms with E-state index in [4.69, 9.17) is 9.15 Å². The second-order valence-electron chi connectivity index (χ2n) is 6.76. The fourth-order valence-corrected chi connectivity index (χ4v) is 2.81. The van der Waals surface area contributed by atoms with Crippen LogP contribution < -0.4 is 14.8 Å². The Hall–Kier alpha value is -3.35. The third kappa shape index (κ3) is 5.59. The zero-order valence-corrected chi connectivity index (χ0v) is 16.7. The number of ether oxygens (including phenoxy) is 2. The van der Waals surface area contributed by atoms with Crippen LogP contribution in [-0.4, -0.2) is 12.5 Å². The van der Waals surface area contributed by atoms with Gasteiger partial charge in [-0.25, -0.2) is 0 Å². The molecular formula is C23H23F2NO4. The predicted octanol–water partition coefficient (Wildman–Crippen LogP) is 6.23. The normalized spacial score (nSPS) is 11.9. The van der Waals surface area contributed by atoms with Gasteiger partial charge in [0.25, 0.3) is 5.91 Å². The van der Waals surface area contributed by atoms with Crippen molar-refractivity contribution in [2.45, 2.75) is 39.4 Å². The minimum atomic E-state index is -2.99. The summed E-state index contributed by atoms with van der Waals surface area (Å²) in [4.78, 5) is 12.4. The number of anilines is 1. The molecule has 0 aliphatic heterocycles. The van der Waals surface area contributed by atoms with E-state index >= 15 is 0 Å². The molecule has 3 aromatic rings. The summed E-state index contributed by atoms with van der Waals surface area (Å²) in [7, 11) is 0. The van der Waals surface area contributed by atoms with Crippen molar-refractivity contribution in [2.75, 3.05) is 5.32 Å². The molecule has 0 aliphatic rings. The van der Waals surface area contributed by atoms with E-state index in [0.29, 0.717) is 17.4 Å². The molecule has 0 saturated carbocycles. The van der Waals surface area contributed by atoms with Crippen LogP contribution in [0.2, 0.25) is 0 Å². The topological polar surface area (TPSA) is 60.7 Å². The summed E-state index contributed by atoms with van der Waals surface area (Å²) in [6, 6.07) is 16.9. The number of nitrogens with one attached hydrogen (secondary N) is 1. The van der Waals surface area contributed by atoms with Crippen molar-refractivity contribution in [2.24, 2.45) is 0 Å². The highest BCUT2D eigenvalue weighted by molar-refractivity contribution is 6.03. The van der Waals surface area contributed by atoms with Crippen molar-refractivity contribution < 1.29 is 27.5 Å². The number of carbonyl (C=O) groups is 1. The van der Waals surface area contributed by atoms with Crippen molar-refractivity contribution in [3.8, 4) is 11.5 Å². The first-order valence-corrected chi connectivity index (χ1v) is 9.63. The summed E-state index contributed by atoms with van der Waals surface area (Å²) < 4.78 is 40.6. The lowest BCUT2D eigenvalue weighted by atomic mass is 9.99. The Morgan fingerprint density at radius 1 is 1.07 bits per heavy atom. The van der Waals surface area contributed by atoms with Crippen molar-refractivity contribution >= 4 is 11.6 Å². The fourth-order valence-electron chi connectivity index (χ4n) is 2.81. The fraction of sp³-hybridized carbons (Fsp3) is 0.261. The minimum absolute atomic E-state index is 0.0348. The number of benzene rings is 2. The molecular weight excluding hydrogens is 392 g/mol. The SMILES string of the molecule is CCC(C)c1ccc(OCc2ccc(C(=O)Nc3ccccc3OC(F)F)o2)cc1. The number of alkyl halides is 2. The summed E-state index contributed by atoms with van der Waals surface area (Å²) in [6.07, 6.45) is 1.07. The van der Waals surface area contributed by atoms with E-state index in [9.17, 15) is 13.6 Å². The molecule has 0 spiro atoms. The molecule has 3 rings (SSSR count). The lowest BCUT2D eigenvalue weighted by Gasteiger charge is -2.11. The molecule has 5 nitrogen and oxygen atoms in total. The van der Waals surface area contributed by atoms with Gasteiger partial charge in [0.15, 0.2) is 5.76 Å². The first-order chi connectivity index (χ1) is 14.5. The number of furan rings is 1. The van der Waals surface area contributed by atoms with Crippen molar-refractivity contribution in [3.05, 3.63) is 77.7 Å². The third-order valence-electron chi connectivity index (χ3n) is 4.68. The van der Waals surface area contributed by atoms with Crippen LogP contribution in [0.4, 0.5) is 14.5 Å². The summed E-state index contributed by atoms with van der Waals surface area (Å²) in [5, 5.41) is 2.51. The highest BCUT2D eigenvalue weighted by atomic mass is 19.3. The van der Waals surface area contributed by atoms with E-state index in [-0.39, 0.29) is 23.8 Å². The summed E-state index contributed by atoms with van der Waals surface area (Å²) in [5.41, 5.74) is 1.37. The monoisotopic (exact) mass is 415 g/mol.